The highest BCUT2D eigenvalue weighted by molar-refractivity contribution is 6.30. The first kappa shape index (κ1) is 12.3. The first-order valence-corrected chi connectivity index (χ1v) is 5.56. The molecule has 0 atom stereocenters. The van der Waals surface area contributed by atoms with Crippen molar-refractivity contribution in [2.75, 3.05) is 5.73 Å². The van der Waals surface area contributed by atoms with E-state index in [1.165, 1.54) is 0 Å². The van der Waals surface area contributed by atoms with Crippen molar-refractivity contribution in [1.82, 2.24) is 9.97 Å². The van der Waals surface area contributed by atoms with E-state index in [1.54, 1.807) is 31.2 Å². The van der Waals surface area contributed by atoms with Gasteiger partial charge in [0, 0.05) is 10.6 Å². The molecule has 0 bridgehead atoms. The summed E-state index contributed by atoms with van der Waals surface area (Å²) in [6.45, 7) is 1.66. The summed E-state index contributed by atoms with van der Waals surface area (Å²) >= 11 is 5.80. The molecule has 0 aliphatic rings. The minimum absolute atomic E-state index is 0.0833. The molecular weight excluding hydrogens is 252 g/mol. The smallest absolute Gasteiger partial charge is 0.254 e. The maximum atomic E-state index is 11.2. The molecule has 1 aromatic carbocycles. The molecule has 2 rings (SSSR count). The molecule has 0 spiro atoms. The summed E-state index contributed by atoms with van der Waals surface area (Å²) in [6, 6.07) is 7.02. The molecule has 0 aliphatic carbocycles. The lowest BCUT2D eigenvalue weighted by atomic mass is 10.1. The van der Waals surface area contributed by atoms with Gasteiger partial charge in [-0.25, -0.2) is 9.97 Å². The van der Waals surface area contributed by atoms with E-state index in [2.05, 4.69) is 9.97 Å². The number of carbonyl (C=O) groups is 1. The molecule has 0 unspecified atom stereocenters. The summed E-state index contributed by atoms with van der Waals surface area (Å²) in [4.78, 5) is 19.5. The van der Waals surface area contributed by atoms with Crippen molar-refractivity contribution in [3.8, 4) is 11.4 Å². The van der Waals surface area contributed by atoms with Crippen LogP contribution in [0.25, 0.3) is 11.4 Å². The molecule has 0 saturated heterocycles. The lowest BCUT2D eigenvalue weighted by molar-refractivity contribution is 0.1000. The van der Waals surface area contributed by atoms with Crippen molar-refractivity contribution in [3.05, 3.63) is 40.5 Å². The van der Waals surface area contributed by atoms with Gasteiger partial charge in [-0.05, 0) is 31.2 Å². The highest BCUT2D eigenvalue weighted by atomic mass is 35.5. The van der Waals surface area contributed by atoms with Crippen molar-refractivity contribution in [2.24, 2.45) is 5.73 Å². The minimum atomic E-state index is -0.632. The summed E-state index contributed by atoms with van der Waals surface area (Å²) in [5, 5.41) is 0.622. The van der Waals surface area contributed by atoms with E-state index in [9.17, 15) is 4.79 Å². The average molecular weight is 263 g/mol. The quantitative estimate of drug-likeness (QED) is 0.862. The molecule has 1 aromatic heterocycles. The number of aryl methyl sites for hydroxylation is 1. The number of rotatable bonds is 2. The predicted octanol–water partition coefficient (Wildman–Crippen LogP) is 1.79. The third-order valence-corrected chi connectivity index (χ3v) is 2.72. The van der Waals surface area contributed by atoms with E-state index in [0.29, 0.717) is 16.5 Å². The van der Waals surface area contributed by atoms with Crippen molar-refractivity contribution >= 4 is 23.3 Å². The van der Waals surface area contributed by atoms with Gasteiger partial charge in [-0.15, -0.1) is 0 Å². The van der Waals surface area contributed by atoms with Gasteiger partial charge in [-0.1, -0.05) is 11.6 Å². The molecular formula is C12H11ClN4O. The second-order valence-corrected chi connectivity index (χ2v) is 4.20. The molecule has 5 nitrogen and oxygen atoms in total. The minimum Gasteiger partial charge on any atom is -0.383 e. The highest BCUT2D eigenvalue weighted by Crippen LogP contribution is 2.21. The van der Waals surface area contributed by atoms with Gasteiger partial charge in [0.2, 0.25) is 0 Å². The van der Waals surface area contributed by atoms with Crippen molar-refractivity contribution in [1.29, 1.82) is 0 Å². The van der Waals surface area contributed by atoms with Gasteiger partial charge in [-0.2, -0.15) is 0 Å². The Kier molecular flexibility index (Phi) is 3.16. The molecule has 6 heteroatoms. The van der Waals surface area contributed by atoms with Crippen LogP contribution < -0.4 is 11.5 Å². The Balaban J connectivity index is 2.54. The van der Waals surface area contributed by atoms with E-state index in [-0.39, 0.29) is 11.4 Å². The van der Waals surface area contributed by atoms with Gasteiger partial charge in [0.25, 0.3) is 5.91 Å². The van der Waals surface area contributed by atoms with E-state index >= 15 is 0 Å². The third-order valence-electron chi connectivity index (χ3n) is 2.47. The number of hydrogen-bond acceptors (Lipinski definition) is 4. The summed E-state index contributed by atoms with van der Waals surface area (Å²) < 4.78 is 0. The molecule has 2 aromatic rings. The molecule has 0 fully saturated rings. The normalized spacial score (nSPS) is 10.3. The van der Waals surface area contributed by atoms with Crippen LogP contribution in [-0.2, 0) is 0 Å². The lowest BCUT2D eigenvalue weighted by Gasteiger charge is -2.07. The number of amides is 1. The van der Waals surface area contributed by atoms with E-state index in [0.717, 1.165) is 5.56 Å². The molecule has 0 aliphatic heterocycles. The first-order valence-electron chi connectivity index (χ1n) is 5.19. The Morgan fingerprint density at radius 3 is 2.33 bits per heavy atom. The standard InChI is InChI=1S/C12H11ClN4O/c1-6-9(11(15)18)10(14)17-12(16-6)7-2-4-8(13)5-3-7/h2-5H,1H3,(H2,15,18)(H2,14,16,17). The topological polar surface area (TPSA) is 94.9 Å². The fourth-order valence-corrected chi connectivity index (χ4v) is 1.75. The molecule has 18 heavy (non-hydrogen) atoms. The molecule has 0 saturated carbocycles. The Morgan fingerprint density at radius 2 is 1.83 bits per heavy atom. The number of nitrogens with two attached hydrogens (primary N) is 2. The van der Waals surface area contributed by atoms with Crippen LogP contribution in [0.4, 0.5) is 5.82 Å². The number of hydrogen-bond donors (Lipinski definition) is 2. The Hall–Kier alpha value is -2.14. The number of nitrogens with zero attached hydrogens (tertiary/aromatic N) is 2. The zero-order chi connectivity index (χ0) is 13.3. The maximum absolute atomic E-state index is 11.2. The summed E-state index contributed by atoms with van der Waals surface area (Å²) in [6.07, 6.45) is 0. The Bertz CT molecular complexity index is 587. The zero-order valence-corrected chi connectivity index (χ0v) is 10.4. The molecule has 0 radical (unpaired) electrons. The third kappa shape index (κ3) is 2.26. The van der Waals surface area contributed by atoms with Gasteiger partial charge in [0.1, 0.15) is 11.4 Å². The molecule has 4 N–H and O–H groups in total. The zero-order valence-electron chi connectivity index (χ0n) is 9.64. The monoisotopic (exact) mass is 262 g/mol. The fraction of sp³-hybridized carbons (Fsp3) is 0.0833. The van der Waals surface area contributed by atoms with E-state index in [4.69, 9.17) is 23.1 Å². The highest BCUT2D eigenvalue weighted by Gasteiger charge is 2.14. The van der Waals surface area contributed by atoms with Gasteiger partial charge in [-0.3, -0.25) is 4.79 Å². The van der Waals surface area contributed by atoms with E-state index in [1.807, 2.05) is 0 Å². The van der Waals surface area contributed by atoms with Gasteiger partial charge in [0.15, 0.2) is 5.82 Å². The lowest BCUT2D eigenvalue weighted by Crippen LogP contribution is -2.17. The Labute approximate surface area is 109 Å². The van der Waals surface area contributed by atoms with Crippen LogP contribution in [0.3, 0.4) is 0 Å². The first-order chi connectivity index (χ1) is 8.49. The van der Waals surface area contributed by atoms with Crippen molar-refractivity contribution < 1.29 is 4.79 Å². The van der Waals surface area contributed by atoms with Gasteiger partial charge < -0.3 is 11.5 Å². The van der Waals surface area contributed by atoms with Crippen LogP contribution in [0, 0.1) is 6.92 Å². The molecule has 92 valence electrons. The number of benzene rings is 1. The van der Waals surface area contributed by atoms with Crippen LogP contribution in [0.2, 0.25) is 5.02 Å². The average Bonchev–Trinajstić information content (AvgIpc) is 2.28. The van der Waals surface area contributed by atoms with Crippen LogP contribution in [0.5, 0.6) is 0 Å². The predicted molar refractivity (Wildman–Crippen MR) is 70.1 cm³/mol. The number of carbonyl (C=O) groups excluding carboxylic acids is 1. The number of nitrogen functional groups attached to an aromatic ring is 1. The van der Waals surface area contributed by atoms with E-state index < -0.39 is 5.91 Å². The van der Waals surface area contributed by atoms with Gasteiger partial charge in [0.05, 0.1) is 5.69 Å². The summed E-state index contributed by atoms with van der Waals surface area (Å²) in [5.74, 6) is -0.112. The summed E-state index contributed by atoms with van der Waals surface area (Å²) in [7, 11) is 0. The molecule has 1 amide bonds. The number of anilines is 1. The van der Waals surface area contributed by atoms with Crippen LogP contribution >= 0.6 is 11.6 Å². The number of primary amides is 1. The van der Waals surface area contributed by atoms with Crippen LogP contribution in [-0.4, -0.2) is 15.9 Å². The second-order valence-electron chi connectivity index (χ2n) is 3.76. The second kappa shape index (κ2) is 4.62. The SMILES string of the molecule is Cc1nc(-c2ccc(Cl)cc2)nc(N)c1C(N)=O. The number of halogens is 1. The van der Waals surface area contributed by atoms with Crippen LogP contribution in [0.15, 0.2) is 24.3 Å². The molecule has 1 heterocycles. The maximum Gasteiger partial charge on any atom is 0.254 e. The number of aromatic nitrogens is 2. The van der Waals surface area contributed by atoms with Crippen molar-refractivity contribution in [2.45, 2.75) is 6.92 Å². The van der Waals surface area contributed by atoms with Crippen LogP contribution in [0.1, 0.15) is 16.1 Å². The fourth-order valence-electron chi connectivity index (χ4n) is 1.63. The largest absolute Gasteiger partial charge is 0.383 e. The van der Waals surface area contributed by atoms with Gasteiger partial charge >= 0.3 is 0 Å². The van der Waals surface area contributed by atoms with Crippen molar-refractivity contribution in [3.63, 3.8) is 0 Å². The Morgan fingerprint density at radius 1 is 1.22 bits per heavy atom. The summed E-state index contributed by atoms with van der Waals surface area (Å²) in [5.41, 5.74) is 12.3.